The molecule has 0 aliphatic carbocycles. The minimum absolute atomic E-state index is 0.0311. The van der Waals surface area contributed by atoms with Gasteiger partial charge in [-0.3, -0.25) is 4.79 Å². The number of aromatic carboxylic acids is 1. The number of aryl methyl sites for hydroxylation is 1. The van der Waals surface area contributed by atoms with E-state index < -0.39 is 5.97 Å². The number of carboxylic acids is 1. The zero-order valence-electron chi connectivity index (χ0n) is 11.2. The minimum Gasteiger partial charge on any atom is -0.478 e. The van der Waals surface area contributed by atoms with Crippen LogP contribution < -0.4 is 0 Å². The van der Waals surface area contributed by atoms with Crippen LogP contribution in [0.5, 0.6) is 0 Å². The van der Waals surface area contributed by atoms with Gasteiger partial charge in [0.2, 0.25) is 5.78 Å². The number of carbonyl (C=O) groups excluding carboxylic acids is 1. The van der Waals surface area contributed by atoms with Crippen molar-refractivity contribution in [3.8, 4) is 6.07 Å². The van der Waals surface area contributed by atoms with E-state index in [-0.39, 0.29) is 16.9 Å². The van der Waals surface area contributed by atoms with E-state index in [1.54, 1.807) is 17.5 Å². The van der Waals surface area contributed by atoms with Crippen LogP contribution in [0.4, 0.5) is 0 Å². The molecule has 2 aromatic rings. The van der Waals surface area contributed by atoms with Crippen molar-refractivity contribution >= 4 is 29.2 Å². The van der Waals surface area contributed by atoms with Gasteiger partial charge in [-0.2, -0.15) is 5.26 Å². The second-order valence-corrected chi connectivity index (χ2v) is 5.27. The van der Waals surface area contributed by atoms with Crippen molar-refractivity contribution in [1.82, 2.24) is 0 Å². The zero-order valence-corrected chi connectivity index (χ0v) is 12.0. The van der Waals surface area contributed by atoms with Gasteiger partial charge in [0, 0.05) is 0 Å². The first-order chi connectivity index (χ1) is 10.0. The normalized spacial score (nSPS) is 11.0. The highest BCUT2D eigenvalue weighted by Gasteiger charge is 2.15. The number of benzene rings is 1. The molecule has 4 nitrogen and oxygen atoms in total. The summed E-state index contributed by atoms with van der Waals surface area (Å²) in [6.45, 7) is 1.82. The molecule has 1 aromatic carbocycles. The SMILES string of the molecule is Cc1ccsc1C(=O)C(C#N)=Cc1ccc(C(=O)O)cc1. The number of nitriles is 1. The van der Waals surface area contributed by atoms with Crippen molar-refractivity contribution < 1.29 is 14.7 Å². The third kappa shape index (κ3) is 3.25. The Morgan fingerprint density at radius 2 is 1.90 bits per heavy atom. The number of thiophene rings is 1. The summed E-state index contributed by atoms with van der Waals surface area (Å²) >= 11 is 1.30. The van der Waals surface area contributed by atoms with Gasteiger partial charge < -0.3 is 5.11 Å². The zero-order chi connectivity index (χ0) is 15.4. The number of carbonyl (C=O) groups is 2. The summed E-state index contributed by atoms with van der Waals surface area (Å²) in [5.41, 5.74) is 1.64. The smallest absolute Gasteiger partial charge is 0.335 e. The predicted octanol–water partition coefficient (Wildman–Crippen LogP) is 3.54. The second-order valence-electron chi connectivity index (χ2n) is 4.36. The van der Waals surface area contributed by atoms with Crippen LogP contribution in [0.25, 0.3) is 6.08 Å². The van der Waals surface area contributed by atoms with E-state index in [0.29, 0.717) is 10.4 Å². The van der Waals surface area contributed by atoms with Gasteiger partial charge in [-0.25, -0.2) is 4.79 Å². The number of rotatable bonds is 4. The summed E-state index contributed by atoms with van der Waals surface area (Å²) in [6.07, 6.45) is 1.47. The lowest BCUT2D eigenvalue weighted by Crippen LogP contribution is -2.01. The molecular weight excluding hydrogens is 286 g/mol. The first-order valence-electron chi connectivity index (χ1n) is 6.07. The molecule has 0 amide bonds. The Morgan fingerprint density at radius 3 is 2.38 bits per heavy atom. The summed E-state index contributed by atoms with van der Waals surface area (Å²) in [7, 11) is 0. The van der Waals surface area contributed by atoms with Crippen LogP contribution in [-0.4, -0.2) is 16.9 Å². The molecule has 0 unspecified atom stereocenters. The number of ketones is 1. The Kier molecular flexibility index (Phi) is 4.31. The highest BCUT2D eigenvalue weighted by molar-refractivity contribution is 7.12. The highest BCUT2D eigenvalue weighted by Crippen LogP contribution is 2.21. The summed E-state index contributed by atoms with van der Waals surface area (Å²) in [5.74, 6) is -1.33. The maximum absolute atomic E-state index is 12.3. The van der Waals surface area contributed by atoms with Crippen LogP contribution in [0.3, 0.4) is 0 Å². The quantitative estimate of drug-likeness (QED) is 0.532. The molecule has 1 heterocycles. The fraction of sp³-hybridized carbons (Fsp3) is 0.0625. The van der Waals surface area contributed by atoms with E-state index in [2.05, 4.69) is 0 Å². The van der Waals surface area contributed by atoms with E-state index in [4.69, 9.17) is 10.4 Å². The van der Waals surface area contributed by atoms with Gasteiger partial charge in [-0.05, 0) is 47.7 Å². The van der Waals surface area contributed by atoms with E-state index >= 15 is 0 Å². The lowest BCUT2D eigenvalue weighted by atomic mass is 10.0. The van der Waals surface area contributed by atoms with Crippen LogP contribution >= 0.6 is 11.3 Å². The molecule has 2 rings (SSSR count). The molecule has 5 heteroatoms. The monoisotopic (exact) mass is 297 g/mol. The third-order valence-corrected chi connectivity index (χ3v) is 3.92. The molecule has 0 bridgehead atoms. The topological polar surface area (TPSA) is 78.2 Å². The Morgan fingerprint density at radius 1 is 1.24 bits per heavy atom. The summed E-state index contributed by atoms with van der Waals surface area (Å²) in [5, 5.41) is 19.8. The molecule has 104 valence electrons. The Hall–Kier alpha value is -2.71. The van der Waals surface area contributed by atoms with E-state index in [1.165, 1.54) is 29.5 Å². The van der Waals surface area contributed by atoms with Crippen LogP contribution in [0.2, 0.25) is 0 Å². The summed E-state index contributed by atoms with van der Waals surface area (Å²) in [6, 6.07) is 9.73. The molecule has 1 aromatic heterocycles. The number of carboxylic acid groups (broad SMARTS) is 1. The van der Waals surface area contributed by atoms with Gasteiger partial charge in [-0.1, -0.05) is 12.1 Å². The minimum atomic E-state index is -1.02. The molecule has 0 spiro atoms. The number of nitrogens with zero attached hydrogens (tertiary/aromatic N) is 1. The maximum atomic E-state index is 12.3. The van der Waals surface area contributed by atoms with E-state index in [0.717, 1.165) is 5.56 Å². The van der Waals surface area contributed by atoms with Crippen LogP contribution in [0, 0.1) is 18.3 Å². The summed E-state index contributed by atoms with van der Waals surface area (Å²) in [4.78, 5) is 23.6. The molecule has 0 aliphatic rings. The molecule has 0 aliphatic heterocycles. The van der Waals surface area contributed by atoms with Crippen molar-refractivity contribution in [2.45, 2.75) is 6.92 Å². The Bertz CT molecular complexity index is 764. The first-order valence-corrected chi connectivity index (χ1v) is 6.95. The Labute approximate surface area is 125 Å². The number of allylic oxidation sites excluding steroid dienone is 1. The van der Waals surface area contributed by atoms with Gasteiger partial charge in [0.15, 0.2) is 0 Å². The molecule has 0 fully saturated rings. The molecule has 21 heavy (non-hydrogen) atoms. The number of hydrogen-bond donors (Lipinski definition) is 1. The fourth-order valence-electron chi connectivity index (χ4n) is 1.76. The molecule has 0 atom stereocenters. The van der Waals surface area contributed by atoms with Crippen molar-refractivity contribution in [2.24, 2.45) is 0 Å². The third-order valence-electron chi connectivity index (χ3n) is 2.90. The molecule has 0 radical (unpaired) electrons. The number of Topliss-reactive ketones (excluding diaryl/α,β-unsaturated/α-hetero) is 1. The molecule has 0 saturated heterocycles. The molecular formula is C16H11NO3S. The van der Waals surface area contributed by atoms with Gasteiger partial charge in [0.25, 0.3) is 0 Å². The van der Waals surface area contributed by atoms with E-state index in [9.17, 15) is 9.59 Å². The standard InChI is InChI=1S/C16H11NO3S/c1-10-6-7-21-15(10)14(18)13(9-17)8-11-2-4-12(5-3-11)16(19)20/h2-8H,1H3,(H,19,20). The molecule has 0 saturated carbocycles. The van der Waals surface area contributed by atoms with Gasteiger partial charge in [0.1, 0.15) is 11.6 Å². The average Bonchev–Trinajstić information content (AvgIpc) is 2.90. The van der Waals surface area contributed by atoms with Gasteiger partial charge >= 0.3 is 5.97 Å². The first kappa shape index (κ1) is 14.7. The predicted molar refractivity (Wildman–Crippen MR) is 80.4 cm³/mol. The number of hydrogen-bond acceptors (Lipinski definition) is 4. The Balaban J connectivity index is 2.33. The average molecular weight is 297 g/mol. The van der Waals surface area contributed by atoms with Crippen LogP contribution in [-0.2, 0) is 0 Å². The lowest BCUT2D eigenvalue weighted by molar-refractivity contribution is 0.0696. The maximum Gasteiger partial charge on any atom is 0.335 e. The van der Waals surface area contributed by atoms with Crippen molar-refractivity contribution in [3.63, 3.8) is 0 Å². The second kappa shape index (κ2) is 6.16. The van der Waals surface area contributed by atoms with Crippen molar-refractivity contribution in [3.05, 3.63) is 62.9 Å². The van der Waals surface area contributed by atoms with Crippen molar-refractivity contribution in [2.75, 3.05) is 0 Å². The largest absolute Gasteiger partial charge is 0.478 e. The summed E-state index contributed by atoms with van der Waals surface area (Å²) < 4.78 is 0. The van der Waals surface area contributed by atoms with Crippen molar-refractivity contribution in [1.29, 1.82) is 5.26 Å². The van der Waals surface area contributed by atoms with Crippen LogP contribution in [0.15, 0.2) is 41.3 Å². The van der Waals surface area contributed by atoms with E-state index in [1.807, 2.05) is 19.1 Å². The van der Waals surface area contributed by atoms with Gasteiger partial charge in [0.05, 0.1) is 10.4 Å². The fourth-order valence-corrected chi connectivity index (χ4v) is 2.64. The van der Waals surface area contributed by atoms with Gasteiger partial charge in [-0.15, -0.1) is 11.3 Å². The lowest BCUT2D eigenvalue weighted by Gasteiger charge is -1.99. The van der Waals surface area contributed by atoms with Crippen LogP contribution in [0.1, 0.15) is 31.2 Å². The highest BCUT2D eigenvalue weighted by atomic mass is 32.1. The molecule has 1 N–H and O–H groups in total.